The summed E-state index contributed by atoms with van der Waals surface area (Å²) in [6, 6.07) is 11.7. The maximum atomic E-state index is 14.8. The molecular formula is C24H29FN2O5. The minimum Gasteiger partial charge on any atom is -0.444 e. The number of carbonyl (C=O) groups excluding carboxylic acids is 2. The summed E-state index contributed by atoms with van der Waals surface area (Å²) in [6.45, 7) is 4.64. The lowest BCUT2D eigenvalue weighted by Crippen LogP contribution is -2.48. The van der Waals surface area contributed by atoms with E-state index in [1.54, 1.807) is 45.0 Å². The van der Waals surface area contributed by atoms with Crippen LogP contribution >= 0.6 is 0 Å². The number of carbonyl (C=O) groups is 2. The maximum Gasteiger partial charge on any atom is 0.411 e. The second-order valence-electron chi connectivity index (χ2n) is 8.89. The van der Waals surface area contributed by atoms with E-state index in [1.165, 1.54) is 11.0 Å². The molecule has 0 radical (unpaired) electrons. The quantitative estimate of drug-likeness (QED) is 0.659. The van der Waals surface area contributed by atoms with E-state index in [4.69, 9.17) is 4.74 Å². The van der Waals surface area contributed by atoms with Crippen molar-refractivity contribution in [2.24, 2.45) is 0 Å². The van der Waals surface area contributed by atoms with Crippen LogP contribution in [-0.2, 0) is 9.53 Å². The van der Waals surface area contributed by atoms with Gasteiger partial charge in [-0.15, -0.1) is 0 Å². The van der Waals surface area contributed by atoms with Crippen molar-refractivity contribution in [3.8, 4) is 11.1 Å². The molecule has 0 bridgehead atoms. The highest BCUT2D eigenvalue weighted by Gasteiger charge is 2.41. The zero-order valence-electron chi connectivity index (χ0n) is 18.4. The van der Waals surface area contributed by atoms with Crippen molar-refractivity contribution in [2.45, 2.75) is 51.0 Å². The SMILES string of the molecule is CC(C)(C)OC(=O)N1C[C@H](O)C[C@H]1C(=O)N[C@@H](CO)c1ccc(-c2ccccc2)c(F)c1. The number of aliphatic hydroxyl groups is 2. The van der Waals surface area contributed by atoms with Crippen molar-refractivity contribution in [2.75, 3.05) is 13.2 Å². The van der Waals surface area contributed by atoms with Gasteiger partial charge in [0.1, 0.15) is 17.5 Å². The highest BCUT2D eigenvalue weighted by molar-refractivity contribution is 5.86. The van der Waals surface area contributed by atoms with Gasteiger partial charge in [-0.1, -0.05) is 42.5 Å². The molecule has 172 valence electrons. The summed E-state index contributed by atoms with van der Waals surface area (Å²) in [5, 5.41) is 22.5. The number of nitrogens with one attached hydrogen (secondary N) is 1. The van der Waals surface area contributed by atoms with Crippen LogP contribution in [0.25, 0.3) is 11.1 Å². The van der Waals surface area contributed by atoms with Gasteiger partial charge in [-0.3, -0.25) is 9.69 Å². The Kier molecular flexibility index (Phi) is 7.16. The molecule has 1 saturated heterocycles. The molecule has 8 heteroatoms. The van der Waals surface area contributed by atoms with Gasteiger partial charge in [-0.2, -0.15) is 0 Å². The second kappa shape index (κ2) is 9.67. The largest absolute Gasteiger partial charge is 0.444 e. The van der Waals surface area contributed by atoms with E-state index in [1.807, 2.05) is 18.2 Å². The van der Waals surface area contributed by atoms with Crippen molar-refractivity contribution in [3.63, 3.8) is 0 Å². The number of β-amino-alcohol motifs (C(OH)–C–C–N with tert-alkyl or cyclic N) is 1. The van der Waals surface area contributed by atoms with E-state index in [0.29, 0.717) is 16.7 Å². The monoisotopic (exact) mass is 444 g/mol. The molecule has 0 aromatic heterocycles. The first kappa shape index (κ1) is 23.7. The Morgan fingerprint density at radius 3 is 2.50 bits per heavy atom. The van der Waals surface area contributed by atoms with Crippen LogP contribution < -0.4 is 5.32 Å². The van der Waals surface area contributed by atoms with Gasteiger partial charge in [-0.05, 0) is 38.0 Å². The summed E-state index contributed by atoms with van der Waals surface area (Å²) >= 11 is 0. The molecule has 0 unspecified atom stereocenters. The Bertz CT molecular complexity index is 961. The van der Waals surface area contributed by atoms with Gasteiger partial charge < -0.3 is 20.3 Å². The van der Waals surface area contributed by atoms with E-state index >= 15 is 0 Å². The summed E-state index contributed by atoms with van der Waals surface area (Å²) in [5.74, 6) is -1.04. The van der Waals surface area contributed by atoms with Crippen LogP contribution in [0.3, 0.4) is 0 Å². The van der Waals surface area contributed by atoms with Gasteiger partial charge >= 0.3 is 6.09 Å². The van der Waals surface area contributed by atoms with Crippen LogP contribution in [0.2, 0.25) is 0 Å². The van der Waals surface area contributed by atoms with Gasteiger partial charge in [0, 0.05) is 12.0 Å². The number of nitrogens with zero attached hydrogens (tertiary/aromatic N) is 1. The molecular weight excluding hydrogens is 415 g/mol. The normalized spacial score (nSPS) is 19.5. The minimum absolute atomic E-state index is 0.0306. The van der Waals surface area contributed by atoms with Gasteiger partial charge in [0.25, 0.3) is 0 Å². The molecule has 1 aliphatic heterocycles. The van der Waals surface area contributed by atoms with Crippen LogP contribution in [0.4, 0.5) is 9.18 Å². The molecule has 3 N–H and O–H groups in total. The Morgan fingerprint density at radius 1 is 1.22 bits per heavy atom. The molecule has 32 heavy (non-hydrogen) atoms. The van der Waals surface area contributed by atoms with Crippen molar-refractivity contribution in [3.05, 3.63) is 59.9 Å². The fourth-order valence-corrected chi connectivity index (χ4v) is 3.69. The first-order valence-electron chi connectivity index (χ1n) is 10.5. The molecule has 0 saturated carbocycles. The zero-order chi connectivity index (χ0) is 23.5. The van der Waals surface area contributed by atoms with Crippen LogP contribution in [-0.4, -0.2) is 58.0 Å². The summed E-state index contributed by atoms with van der Waals surface area (Å²) in [6.07, 6.45) is -1.52. The van der Waals surface area contributed by atoms with E-state index in [0.717, 1.165) is 0 Å². The standard InChI is InChI=1S/C24H29FN2O5/c1-24(2,3)32-23(31)27-13-17(29)12-21(27)22(30)26-20(14-28)16-9-10-18(19(25)11-16)15-7-5-4-6-8-15/h4-11,17,20-21,28-29H,12-14H2,1-3H3,(H,26,30)/t17-,20+,21+/m1/s1. The molecule has 0 aliphatic carbocycles. The first-order valence-corrected chi connectivity index (χ1v) is 10.5. The number of aliphatic hydroxyl groups excluding tert-OH is 2. The molecule has 0 spiro atoms. The van der Waals surface area contributed by atoms with Gasteiger partial charge in [0.15, 0.2) is 0 Å². The number of hydrogen-bond donors (Lipinski definition) is 3. The summed E-state index contributed by atoms with van der Waals surface area (Å²) in [7, 11) is 0. The minimum atomic E-state index is -0.956. The number of amides is 2. The number of halogens is 1. The smallest absolute Gasteiger partial charge is 0.411 e. The van der Waals surface area contributed by atoms with Crippen LogP contribution in [0.1, 0.15) is 38.8 Å². The number of benzene rings is 2. The zero-order valence-corrected chi connectivity index (χ0v) is 18.4. The lowest BCUT2D eigenvalue weighted by atomic mass is 10.00. The topological polar surface area (TPSA) is 99.1 Å². The third-order valence-electron chi connectivity index (χ3n) is 5.19. The number of likely N-dealkylation sites (tertiary alicyclic amines) is 1. The highest BCUT2D eigenvalue weighted by Crippen LogP contribution is 2.27. The summed E-state index contributed by atoms with van der Waals surface area (Å²) in [4.78, 5) is 26.6. The van der Waals surface area contributed by atoms with E-state index in [2.05, 4.69) is 5.32 Å². The predicted molar refractivity (Wildman–Crippen MR) is 117 cm³/mol. The van der Waals surface area contributed by atoms with Gasteiger partial charge in [0.2, 0.25) is 5.91 Å². The lowest BCUT2D eigenvalue weighted by molar-refractivity contribution is -0.126. The van der Waals surface area contributed by atoms with Crippen LogP contribution in [0, 0.1) is 5.82 Å². The van der Waals surface area contributed by atoms with Crippen molar-refractivity contribution in [1.29, 1.82) is 0 Å². The van der Waals surface area contributed by atoms with Crippen LogP contribution in [0.5, 0.6) is 0 Å². The molecule has 7 nitrogen and oxygen atoms in total. The molecule has 3 atom stereocenters. The Morgan fingerprint density at radius 2 is 1.91 bits per heavy atom. The Labute approximate surface area is 186 Å². The molecule has 2 amide bonds. The number of ether oxygens (including phenoxy) is 1. The van der Waals surface area contributed by atoms with E-state index in [9.17, 15) is 24.2 Å². The average Bonchev–Trinajstić information content (AvgIpc) is 3.13. The average molecular weight is 445 g/mol. The molecule has 2 aromatic carbocycles. The molecule has 2 aromatic rings. The molecule has 1 fully saturated rings. The van der Waals surface area contributed by atoms with Gasteiger partial charge in [0.05, 0.1) is 25.3 Å². The van der Waals surface area contributed by atoms with E-state index < -0.39 is 48.2 Å². The summed E-state index contributed by atoms with van der Waals surface area (Å²) in [5.41, 5.74) is 0.763. The Balaban J connectivity index is 1.75. The van der Waals surface area contributed by atoms with Crippen molar-refractivity contribution in [1.82, 2.24) is 10.2 Å². The lowest BCUT2D eigenvalue weighted by Gasteiger charge is -2.29. The maximum absolute atomic E-state index is 14.8. The second-order valence-corrected chi connectivity index (χ2v) is 8.89. The predicted octanol–water partition coefficient (Wildman–Crippen LogP) is 3.01. The number of hydrogen-bond acceptors (Lipinski definition) is 5. The fourth-order valence-electron chi connectivity index (χ4n) is 3.69. The Hall–Kier alpha value is -2.97. The fraction of sp³-hybridized carbons (Fsp3) is 0.417. The third kappa shape index (κ3) is 5.63. The van der Waals surface area contributed by atoms with Crippen LogP contribution in [0.15, 0.2) is 48.5 Å². The van der Waals surface area contributed by atoms with Gasteiger partial charge in [-0.25, -0.2) is 9.18 Å². The van der Waals surface area contributed by atoms with Crippen molar-refractivity contribution < 1.29 is 28.9 Å². The van der Waals surface area contributed by atoms with E-state index in [-0.39, 0.29) is 13.0 Å². The molecule has 3 rings (SSSR count). The highest BCUT2D eigenvalue weighted by atomic mass is 19.1. The van der Waals surface area contributed by atoms with Crippen molar-refractivity contribution >= 4 is 12.0 Å². The molecule has 1 heterocycles. The molecule has 1 aliphatic rings. The summed E-state index contributed by atoms with van der Waals surface area (Å²) < 4.78 is 20.1. The first-order chi connectivity index (χ1) is 15.1. The third-order valence-corrected chi connectivity index (χ3v) is 5.19. The number of rotatable bonds is 5.